The summed E-state index contributed by atoms with van der Waals surface area (Å²) in [6.45, 7) is -0.254. The quantitative estimate of drug-likeness (QED) is 0.673. The van der Waals surface area contributed by atoms with Crippen LogP contribution in [0.5, 0.6) is 5.75 Å². The van der Waals surface area contributed by atoms with E-state index in [1.807, 2.05) is 0 Å². The summed E-state index contributed by atoms with van der Waals surface area (Å²) in [4.78, 5) is 0. The lowest BCUT2D eigenvalue weighted by atomic mass is 9.98. The summed E-state index contributed by atoms with van der Waals surface area (Å²) in [6, 6.07) is 3.44. The van der Waals surface area contributed by atoms with Crippen molar-refractivity contribution in [2.75, 3.05) is 6.61 Å². The van der Waals surface area contributed by atoms with Crippen LogP contribution >= 0.6 is 27.5 Å². The third-order valence-corrected chi connectivity index (χ3v) is 3.17. The third kappa shape index (κ3) is 1.64. The van der Waals surface area contributed by atoms with Crippen molar-refractivity contribution in [3.8, 4) is 5.75 Å². The normalized spacial score (nSPS) is 22.3. The van der Waals surface area contributed by atoms with Gasteiger partial charge in [0.15, 0.2) is 6.10 Å². The van der Waals surface area contributed by atoms with Gasteiger partial charge in [-0.05, 0) is 12.1 Å². The van der Waals surface area contributed by atoms with Gasteiger partial charge in [-0.25, -0.2) is 0 Å². The number of rotatable bonds is 1. The zero-order chi connectivity index (χ0) is 11.2. The van der Waals surface area contributed by atoms with E-state index in [2.05, 4.69) is 15.9 Å². The minimum absolute atomic E-state index is 0.254. The zero-order valence-corrected chi connectivity index (χ0v) is 10.0. The maximum Gasteiger partial charge on any atom is 0.157 e. The Bertz CT molecular complexity index is 411. The maximum atomic E-state index is 9.09. The van der Waals surface area contributed by atoms with Crippen molar-refractivity contribution in [3.05, 3.63) is 27.2 Å². The van der Waals surface area contributed by atoms with Gasteiger partial charge in [0.1, 0.15) is 11.4 Å². The highest BCUT2D eigenvalue weighted by Crippen LogP contribution is 2.43. The van der Waals surface area contributed by atoms with Crippen molar-refractivity contribution in [1.29, 1.82) is 0 Å². The first-order chi connectivity index (χ1) is 6.96. The summed E-state index contributed by atoms with van der Waals surface area (Å²) in [7, 11) is 0. The summed E-state index contributed by atoms with van der Waals surface area (Å²) in [5.41, 5.74) is 11.2. The second kappa shape index (κ2) is 3.61. The molecule has 1 atom stereocenters. The lowest BCUT2D eigenvalue weighted by Crippen LogP contribution is -2.55. The van der Waals surface area contributed by atoms with Crippen LogP contribution in [0.25, 0.3) is 0 Å². The molecule has 0 fully saturated rings. The summed E-state index contributed by atoms with van der Waals surface area (Å²) in [6.07, 6.45) is -0.667. The Labute approximate surface area is 100 Å². The van der Waals surface area contributed by atoms with Crippen LogP contribution in [0, 0.1) is 0 Å². The van der Waals surface area contributed by atoms with Crippen LogP contribution < -0.4 is 16.2 Å². The number of benzene rings is 1. The minimum Gasteiger partial charge on any atom is -0.482 e. The van der Waals surface area contributed by atoms with Crippen molar-refractivity contribution in [2.45, 2.75) is 11.8 Å². The average Bonchev–Trinajstić information content (AvgIpc) is 2.39. The van der Waals surface area contributed by atoms with Gasteiger partial charge >= 0.3 is 0 Å². The Morgan fingerprint density at radius 1 is 1.53 bits per heavy atom. The number of fused-ring (bicyclic) bond motifs is 1. The van der Waals surface area contributed by atoms with Gasteiger partial charge in [-0.3, -0.25) is 0 Å². The summed E-state index contributed by atoms with van der Waals surface area (Å²) < 4.78 is 6.18. The molecular weight excluding hydrogens is 283 g/mol. The fraction of sp³-hybridized carbons (Fsp3) is 0.333. The largest absolute Gasteiger partial charge is 0.482 e. The lowest BCUT2D eigenvalue weighted by Gasteiger charge is -2.23. The standard InChI is InChI=1S/C9H10BrClN2O2/c10-4-1-5-8(6(11)2-4)15-7(3-14)9(5,12)13/h1-2,7,14H,3,12-13H2. The molecule has 0 aromatic heterocycles. The van der Waals surface area contributed by atoms with Crippen molar-refractivity contribution >= 4 is 27.5 Å². The van der Waals surface area contributed by atoms with Crippen molar-refractivity contribution < 1.29 is 9.84 Å². The fourth-order valence-electron chi connectivity index (χ4n) is 1.60. The molecule has 0 saturated heterocycles. The van der Waals surface area contributed by atoms with Crippen LogP contribution in [0.3, 0.4) is 0 Å². The van der Waals surface area contributed by atoms with Gasteiger partial charge in [0, 0.05) is 10.0 Å². The summed E-state index contributed by atoms with van der Waals surface area (Å²) in [5, 5.41) is 9.52. The van der Waals surface area contributed by atoms with E-state index in [4.69, 9.17) is 32.9 Å². The van der Waals surface area contributed by atoms with E-state index in [9.17, 15) is 0 Å². The Kier molecular flexibility index (Phi) is 2.68. The second-order valence-electron chi connectivity index (χ2n) is 3.49. The molecule has 82 valence electrons. The average molecular weight is 294 g/mol. The van der Waals surface area contributed by atoms with Gasteiger partial charge in [-0.2, -0.15) is 0 Å². The highest BCUT2D eigenvalue weighted by Gasteiger charge is 2.44. The molecule has 1 aliphatic rings. The van der Waals surface area contributed by atoms with E-state index in [0.29, 0.717) is 16.3 Å². The van der Waals surface area contributed by atoms with Crippen LogP contribution in [0.2, 0.25) is 5.02 Å². The Balaban J connectivity index is 2.58. The number of aliphatic hydroxyl groups is 1. The number of aliphatic hydroxyl groups excluding tert-OH is 1. The summed E-state index contributed by atoms with van der Waals surface area (Å²) in [5.74, 6) is 0.448. The topological polar surface area (TPSA) is 81.5 Å². The molecule has 1 heterocycles. The number of ether oxygens (including phenoxy) is 1. The smallest absolute Gasteiger partial charge is 0.157 e. The van der Waals surface area contributed by atoms with Crippen LogP contribution in [0.1, 0.15) is 5.56 Å². The highest BCUT2D eigenvalue weighted by molar-refractivity contribution is 9.10. The van der Waals surface area contributed by atoms with E-state index < -0.39 is 11.8 Å². The van der Waals surface area contributed by atoms with Crippen LogP contribution in [-0.2, 0) is 5.66 Å². The number of hydrogen-bond donors (Lipinski definition) is 3. The van der Waals surface area contributed by atoms with E-state index in [1.165, 1.54) is 0 Å². The molecule has 0 bridgehead atoms. The minimum atomic E-state index is -1.21. The third-order valence-electron chi connectivity index (χ3n) is 2.43. The lowest BCUT2D eigenvalue weighted by molar-refractivity contribution is 0.0795. The van der Waals surface area contributed by atoms with Crippen molar-refractivity contribution in [2.24, 2.45) is 11.5 Å². The van der Waals surface area contributed by atoms with Gasteiger partial charge in [0.05, 0.1) is 11.6 Å². The van der Waals surface area contributed by atoms with E-state index in [-0.39, 0.29) is 6.61 Å². The predicted octanol–water partition coefficient (Wildman–Crippen LogP) is 0.926. The van der Waals surface area contributed by atoms with E-state index in [1.54, 1.807) is 12.1 Å². The Morgan fingerprint density at radius 3 is 2.80 bits per heavy atom. The van der Waals surface area contributed by atoms with Crippen molar-refractivity contribution in [3.63, 3.8) is 0 Å². The molecule has 0 amide bonds. The van der Waals surface area contributed by atoms with Gasteiger partial charge in [0.25, 0.3) is 0 Å². The molecule has 4 nitrogen and oxygen atoms in total. The van der Waals surface area contributed by atoms with Crippen LogP contribution in [-0.4, -0.2) is 17.8 Å². The molecule has 5 N–H and O–H groups in total. The highest BCUT2D eigenvalue weighted by atomic mass is 79.9. The molecule has 1 aliphatic heterocycles. The Hall–Kier alpha value is -0.330. The molecule has 0 radical (unpaired) electrons. The van der Waals surface area contributed by atoms with Gasteiger partial charge in [-0.1, -0.05) is 27.5 Å². The zero-order valence-electron chi connectivity index (χ0n) is 7.71. The Morgan fingerprint density at radius 2 is 2.20 bits per heavy atom. The van der Waals surface area contributed by atoms with Crippen LogP contribution in [0.4, 0.5) is 0 Å². The fourth-order valence-corrected chi connectivity index (χ4v) is 2.46. The molecule has 1 unspecified atom stereocenters. The van der Waals surface area contributed by atoms with E-state index in [0.717, 1.165) is 4.47 Å². The maximum absolute atomic E-state index is 9.09. The molecular formula is C9H10BrClN2O2. The van der Waals surface area contributed by atoms with Crippen LogP contribution in [0.15, 0.2) is 16.6 Å². The molecule has 1 aromatic carbocycles. The summed E-state index contributed by atoms with van der Waals surface area (Å²) >= 11 is 9.27. The monoisotopic (exact) mass is 292 g/mol. The molecule has 1 aromatic rings. The van der Waals surface area contributed by atoms with E-state index >= 15 is 0 Å². The molecule has 0 saturated carbocycles. The molecule has 6 heteroatoms. The molecule has 0 spiro atoms. The van der Waals surface area contributed by atoms with Crippen molar-refractivity contribution in [1.82, 2.24) is 0 Å². The van der Waals surface area contributed by atoms with Gasteiger partial charge in [-0.15, -0.1) is 0 Å². The van der Waals surface area contributed by atoms with Gasteiger partial charge < -0.3 is 21.3 Å². The number of nitrogens with two attached hydrogens (primary N) is 2. The predicted molar refractivity (Wildman–Crippen MR) is 60.7 cm³/mol. The number of hydrogen-bond acceptors (Lipinski definition) is 4. The first kappa shape index (κ1) is 11.2. The first-order valence-corrected chi connectivity index (χ1v) is 5.48. The first-order valence-electron chi connectivity index (χ1n) is 4.31. The molecule has 15 heavy (non-hydrogen) atoms. The SMILES string of the molecule is NC1(N)c2cc(Br)cc(Cl)c2OC1CO. The molecule has 2 rings (SSSR count). The van der Waals surface area contributed by atoms with Gasteiger partial charge in [0.2, 0.25) is 0 Å². The number of halogens is 2. The molecule has 0 aliphatic carbocycles. The second-order valence-corrected chi connectivity index (χ2v) is 4.81.